The molecule has 0 unspecified atom stereocenters. The van der Waals surface area contributed by atoms with Crippen molar-refractivity contribution in [1.82, 2.24) is 5.32 Å². The third-order valence-electron chi connectivity index (χ3n) is 3.62. The van der Waals surface area contributed by atoms with E-state index in [1.165, 1.54) is 18.6 Å². The van der Waals surface area contributed by atoms with Gasteiger partial charge >= 0.3 is 0 Å². The minimum absolute atomic E-state index is 0.0147. The predicted molar refractivity (Wildman–Crippen MR) is 68.4 cm³/mol. The van der Waals surface area contributed by atoms with Crippen molar-refractivity contribution < 1.29 is 9.66 Å². The maximum atomic E-state index is 10.5. The van der Waals surface area contributed by atoms with Crippen molar-refractivity contribution in [2.75, 3.05) is 13.7 Å². The molecule has 1 aliphatic carbocycles. The summed E-state index contributed by atoms with van der Waals surface area (Å²) >= 11 is 0. The van der Waals surface area contributed by atoms with Crippen LogP contribution in [0.2, 0.25) is 0 Å². The molecule has 0 spiro atoms. The zero-order chi connectivity index (χ0) is 13.0. The van der Waals surface area contributed by atoms with Crippen molar-refractivity contribution in [2.24, 2.45) is 0 Å². The van der Waals surface area contributed by atoms with Gasteiger partial charge in [0.25, 0.3) is 5.69 Å². The Labute approximate surface area is 106 Å². The van der Waals surface area contributed by atoms with E-state index in [4.69, 9.17) is 4.74 Å². The minimum Gasteiger partial charge on any atom is -0.377 e. The topological polar surface area (TPSA) is 64.4 Å². The van der Waals surface area contributed by atoms with Gasteiger partial charge in [0.1, 0.15) is 0 Å². The van der Waals surface area contributed by atoms with Gasteiger partial charge in [0.15, 0.2) is 0 Å². The van der Waals surface area contributed by atoms with Crippen molar-refractivity contribution in [3.63, 3.8) is 0 Å². The molecule has 1 N–H and O–H groups in total. The molecule has 0 bridgehead atoms. The van der Waals surface area contributed by atoms with E-state index < -0.39 is 0 Å². The van der Waals surface area contributed by atoms with Crippen LogP contribution in [-0.2, 0) is 11.3 Å². The molecule has 18 heavy (non-hydrogen) atoms. The Morgan fingerprint density at radius 3 is 2.50 bits per heavy atom. The van der Waals surface area contributed by atoms with Crippen LogP contribution in [0.25, 0.3) is 0 Å². The van der Waals surface area contributed by atoms with Crippen LogP contribution in [0.1, 0.15) is 24.8 Å². The van der Waals surface area contributed by atoms with Crippen molar-refractivity contribution in [3.8, 4) is 0 Å². The minimum atomic E-state index is -0.383. The van der Waals surface area contributed by atoms with Gasteiger partial charge in [-0.2, -0.15) is 0 Å². The number of ether oxygens (including phenoxy) is 1. The van der Waals surface area contributed by atoms with Gasteiger partial charge in [0.05, 0.1) is 10.5 Å². The molecule has 5 nitrogen and oxygen atoms in total. The number of methoxy groups -OCH3 is 1. The Kier molecular flexibility index (Phi) is 3.93. The molecule has 2 rings (SSSR count). The van der Waals surface area contributed by atoms with Gasteiger partial charge in [0, 0.05) is 32.3 Å². The molecule has 0 aliphatic heterocycles. The van der Waals surface area contributed by atoms with Gasteiger partial charge in [-0.15, -0.1) is 0 Å². The van der Waals surface area contributed by atoms with Crippen LogP contribution < -0.4 is 5.32 Å². The molecule has 98 valence electrons. The molecule has 0 atom stereocenters. The van der Waals surface area contributed by atoms with E-state index in [1.54, 1.807) is 19.2 Å². The number of nitrogens with one attached hydrogen (secondary N) is 1. The van der Waals surface area contributed by atoms with Crippen LogP contribution in [0.5, 0.6) is 0 Å². The van der Waals surface area contributed by atoms with Gasteiger partial charge in [0.2, 0.25) is 0 Å². The van der Waals surface area contributed by atoms with Gasteiger partial charge in [-0.3, -0.25) is 10.1 Å². The SMILES string of the molecule is COC1(CNCc2ccc([N+](=O)[O-])cc2)CCC1. The summed E-state index contributed by atoms with van der Waals surface area (Å²) in [5.74, 6) is 0. The highest BCUT2D eigenvalue weighted by atomic mass is 16.6. The summed E-state index contributed by atoms with van der Waals surface area (Å²) in [4.78, 5) is 10.1. The Balaban J connectivity index is 1.81. The number of nitrogens with zero attached hydrogens (tertiary/aromatic N) is 1. The maximum absolute atomic E-state index is 10.5. The second kappa shape index (κ2) is 5.46. The van der Waals surface area contributed by atoms with E-state index in [2.05, 4.69) is 5.32 Å². The highest BCUT2D eigenvalue weighted by Gasteiger charge is 2.36. The van der Waals surface area contributed by atoms with Gasteiger partial charge in [-0.1, -0.05) is 12.1 Å². The number of benzene rings is 1. The fourth-order valence-electron chi connectivity index (χ4n) is 2.19. The third-order valence-corrected chi connectivity index (χ3v) is 3.62. The number of rotatable bonds is 6. The summed E-state index contributed by atoms with van der Waals surface area (Å²) in [6, 6.07) is 6.63. The Morgan fingerprint density at radius 2 is 2.06 bits per heavy atom. The third kappa shape index (κ3) is 2.86. The lowest BCUT2D eigenvalue weighted by Gasteiger charge is -2.40. The van der Waals surface area contributed by atoms with E-state index in [1.807, 2.05) is 0 Å². The van der Waals surface area contributed by atoms with E-state index in [9.17, 15) is 10.1 Å². The summed E-state index contributed by atoms with van der Waals surface area (Å²) in [6.07, 6.45) is 3.45. The largest absolute Gasteiger partial charge is 0.377 e. The van der Waals surface area contributed by atoms with Gasteiger partial charge in [-0.25, -0.2) is 0 Å². The van der Waals surface area contributed by atoms with Crippen LogP contribution >= 0.6 is 0 Å². The van der Waals surface area contributed by atoms with Crippen LogP contribution in [0.4, 0.5) is 5.69 Å². The first-order valence-electron chi connectivity index (χ1n) is 6.14. The average Bonchev–Trinajstić information content (AvgIpc) is 2.33. The summed E-state index contributed by atoms with van der Waals surface area (Å²) < 4.78 is 5.51. The fraction of sp³-hybridized carbons (Fsp3) is 0.538. The molecule has 1 aromatic rings. The molecule has 0 saturated heterocycles. The van der Waals surface area contributed by atoms with Crippen LogP contribution in [0.3, 0.4) is 0 Å². The zero-order valence-corrected chi connectivity index (χ0v) is 10.5. The first kappa shape index (κ1) is 13.0. The predicted octanol–water partition coefficient (Wildman–Crippen LogP) is 2.25. The summed E-state index contributed by atoms with van der Waals surface area (Å²) in [5.41, 5.74) is 1.19. The molecule has 1 saturated carbocycles. The maximum Gasteiger partial charge on any atom is 0.269 e. The Hall–Kier alpha value is -1.46. The summed E-state index contributed by atoms with van der Waals surface area (Å²) in [5, 5.41) is 13.9. The second-order valence-corrected chi connectivity index (χ2v) is 4.77. The van der Waals surface area contributed by atoms with E-state index >= 15 is 0 Å². The Morgan fingerprint density at radius 1 is 1.39 bits per heavy atom. The molecule has 0 radical (unpaired) electrons. The number of hydrogen-bond donors (Lipinski definition) is 1. The first-order chi connectivity index (χ1) is 8.65. The van der Waals surface area contributed by atoms with E-state index in [0.29, 0.717) is 6.54 Å². The highest BCUT2D eigenvalue weighted by Crippen LogP contribution is 2.34. The van der Waals surface area contributed by atoms with Gasteiger partial charge < -0.3 is 10.1 Å². The molecule has 0 amide bonds. The summed E-state index contributed by atoms with van der Waals surface area (Å²) in [6.45, 7) is 1.55. The first-order valence-corrected chi connectivity index (χ1v) is 6.14. The second-order valence-electron chi connectivity index (χ2n) is 4.77. The lowest BCUT2D eigenvalue weighted by Crippen LogP contribution is -2.47. The van der Waals surface area contributed by atoms with Crippen LogP contribution in [-0.4, -0.2) is 24.2 Å². The van der Waals surface area contributed by atoms with Crippen LogP contribution in [0.15, 0.2) is 24.3 Å². The van der Waals surface area contributed by atoms with Crippen molar-refractivity contribution >= 4 is 5.69 Å². The normalized spacial score (nSPS) is 17.2. The molecule has 1 aromatic carbocycles. The molecule has 1 aliphatic rings. The number of nitro groups is 1. The summed E-state index contributed by atoms with van der Waals surface area (Å²) in [7, 11) is 1.76. The Bertz CT molecular complexity index is 407. The van der Waals surface area contributed by atoms with Crippen molar-refractivity contribution in [3.05, 3.63) is 39.9 Å². The smallest absolute Gasteiger partial charge is 0.269 e. The molecular weight excluding hydrogens is 232 g/mol. The average molecular weight is 250 g/mol. The molecule has 0 heterocycles. The van der Waals surface area contributed by atoms with Gasteiger partial charge in [-0.05, 0) is 24.8 Å². The molecule has 5 heteroatoms. The van der Waals surface area contributed by atoms with Crippen molar-refractivity contribution in [1.29, 1.82) is 0 Å². The van der Waals surface area contributed by atoms with E-state index in [0.717, 1.165) is 24.9 Å². The van der Waals surface area contributed by atoms with Crippen molar-refractivity contribution in [2.45, 2.75) is 31.4 Å². The standard InChI is InChI=1S/C13H18N2O3/c1-18-13(7-2-8-13)10-14-9-11-3-5-12(6-4-11)15(16)17/h3-6,14H,2,7-10H2,1H3. The molecular formula is C13H18N2O3. The number of non-ortho nitro benzene ring substituents is 1. The number of hydrogen-bond acceptors (Lipinski definition) is 4. The van der Waals surface area contributed by atoms with Crippen LogP contribution in [0, 0.1) is 10.1 Å². The molecule has 1 fully saturated rings. The van der Waals surface area contributed by atoms with E-state index in [-0.39, 0.29) is 16.2 Å². The molecule has 0 aromatic heterocycles. The fourth-order valence-corrected chi connectivity index (χ4v) is 2.19. The zero-order valence-electron chi connectivity index (χ0n) is 10.5. The highest BCUT2D eigenvalue weighted by molar-refractivity contribution is 5.32. The monoisotopic (exact) mass is 250 g/mol. The lowest BCUT2D eigenvalue weighted by molar-refractivity contribution is -0.384. The quantitative estimate of drug-likeness (QED) is 0.621. The number of nitro benzene ring substituents is 1. The lowest BCUT2D eigenvalue weighted by atomic mass is 9.80.